The molecule has 3 nitrogen and oxygen atoms in total. The van der Waals surface area contributed by atoms with Gasteiger partial charge in [-0.15, -0.1) is 0 Å². The van der Waals surface area contributed by atoms with E-state index in [2.05, 4.69) is 20.8 Å². The first-order valence-electron chi connectivity index (χ1n) is 5.59. The van der Waals surface area contributed by atoms with Crippen LogP contribution in [-0.2, 0) is 9.47 Å². The Bertz CT molecular complexity index is 169. The smallest absolute Gasteiger partial charge is 0.0813 e. The van der Waals surface area contributed by atoms with Crippen LogP contribution in [0.3, 0.4) is 0 Å². The maximum absolute atomic E-state index is 5.81. The van der Waals surface area contributed by atoms with Gasteiger partial charge in [-0.1, -0.05) is 6.92 Å². The van der Waals surface area contributed by atoms with Crippen molar-refractivity contribution >= 4 is 0 Å². The van der Waals surface area contributed by atoms with Crippen LogP contribution in [-0.4, -0.2) is 31.0 Å². The molecule has 0 radical (unpaired) electrons. The number of ether oxygens (including phenoxy) is 2. The molecule has 0 spiro atoms. The molecule has 3 atom stereocenters. The third-order valence-corrected chi connectivity index (χ3v) is 3.12. The Morgan fingerprint density at radius 1 is 1.50 bits per heavy atom. The molecule has 1 fully saturated rings. The number of hydrogen-bond acceptors (Lipinski definition) is 3. The molecule has 14 heavy (non-hydrogen) atoms. The maximum Gasteiger partial charge on any atom is 0.0813 e. The number of nitrogens with two attached hydrogens (primary N) is 1. The Morgan fingerprint density at radius 2 is 2.21 bits per heavy atom. The van der Waals surface area contributed by atoms with Gasteiger partial charge in [-0.2, -0.15) is 0 Å². The molecule has 0 aromatic carbocycles. The minimum absolute atomic E-state index is 0.171. The molecule has 1 aliphatic rings. The summed E-state index contributed by atoms with van der Waals surface area (Å²) in [5.74, 6) is 0. The molecule has 0 saturated carbocycles. The molecule has 2 N–H and O–H groups in total. The van der Waals surface area contributed by atoms with Gasteiger partial charge in [0.25, 0.3) is 0 Å². The van der Waals surface area contributed by atoms with Gasteiger partial charge in [0.1, 0.15) is 0 Å². The minimum atomic E-state index is -0.171. The van der Waals surface area contributed by atoms with Crippen molar-refractivity contribution in [2.75, 3.05) is 13.2 Å². The van der Waals surface area contributed by atoms with Gasteiger partial charge >= 0.3 is 0 Å². The second-order valence-corrected chi connectivity index (χ2v) is 4.46. The van der Waals surface area contributed by atoms with Crippen LogP contribution in [0.2, 0.25) is 0 Å². The molecule has 0 aromatic rings. The predicted molar refractivity (Wildman–Crippen MR) is 57.3 cm³/mol. The van der Waals surface area contributed by atoms with E-state index in [9.17, 15) is 0 Å². The molecule has 3 heteroatoms. The van der Waals surface area contributed by atoms with Crippen LogP contribution >= 0.6 is 0 Å². The molecule has 0 amide bonds. The predicted octanol–water partition coefficient (Wildman–Crippen LogP) is 1.70. The van der Waals surface area contributed by atoms with Gasteiger partial charge < -0.3 is 15.2 Å². The minimum Gasteiger partial charge on any atom is -0.373 e. The van der Waals surface area contributed by atoms with Crippen LogP contribution in [0.15, 0.2) is 0 Å². The van der Waals surface area contributed by atoms with E-state index in [4.69, 9.17) is 15.2 Å². The highest BCUT2D eigenvalue weighted by Crippen LogP contribution is 2.22. The average molecular weight is 201 g/mol. The Morgan fingerprint density at radius 3 is 2.64 bits per heavy atom. The van der Waals surface area contributed by atoms with Crippen LogP contribution in [0.5, 0.6) is 0 Å². The monoisotopic (exact) mass is 201 g/mol. The highest BCUT2D eigenvalue weighted by atomic mass is 16.6. The summed E-state index contributed by atoms with van der Waals surface area (Å²) in [6, 6.07) is 0. The zero-order valence-corrected chi connectivity index (χ0v) is 9.58. The van der Waals surface area contributed by atoms with Crippen LogP contribution in [0.1, 0.15) is 40.0 Å². The SMILES string of the molecule is CCC(C)(CN)OCC1CCC(C)O1. The summed E-state index contributed by atoms with van der Waals surface area (Å²) in [5.41, 5.74) is 5.49. The molecule has 1 saturated heterocycles. The lowest BCUT2D eigenvalue weighted by Gasteiger charge is -2.28. The average Bonchev–Trinajstić information content (AvgIpc) is 2.61. The quantitative estimate of drug-likeness (QED) is 0.736. The number of hydrogen-bond donors (Lipinski definition) is 1. The van der Waals surface area contributed by atoms with Crippen LogP contribution in [0, 0.1) is 0 Å². The fourth-order valence-electron chi connectivity index (χ4n) is 1.61. The fraction of sp³-hybridized carbons (Fsp3) is 1.00. The molecule has 0 aromatic heterocycles. The largest absolute Gasteiger partial charge is 0.373 e. The molecular formula is C11H23NO2. The lowest BCUT2D eigenvalue weighted by atomic mass is 10.0. The van der Waals surface area contributed by atoms with Crippen molar-refractivity contribution in [3.05, 3.63) is 0 Å². The van der Waals surface area contributed by atoms with E-state index in [1.54, 1.807) is 0 Å². The summed E-state index contributed by atoms with van der Waals surface area (Å²) < 4.78 is 11.5. The second kappa shape index (κ2) is 5.10. The van der Waals surface area contributed by atoms with Crippen molar-refractivity contribution in [2.45, 2.75) is 57.8 Å². The van der Waals surface area contributed by atoms with Gasteiger partial charge in [0.05, 0.1) is 24.4 Å². The third kappa shape index (κ3) is 3.23. The molecule has 1 heterocycles. The van der Waals surface area contributed by atoms with E-state index in [1.165, 1.54) is 0 Å². The van der Waals surface area contributed by atoms with Crippen molar-refractivity contribution in [1.29, 1.82) is 0 Å². The van der Waals surface area contributed by atoms with Crippen LogP contribution < -0.4 is 5.73 Å². The summed E-state index contributed by atoms with van der Waals surface area (Å²) in [5, 5.41) is 0. The van der Waals surface area contributed by atoms with Crippen molar-refractivity contribution in [2.24, 2.45) is 5.73 Å². The molecule has 84 valence electrons. The Balaban J connectivity index is 2.25. The molecule has 1 aliphatic heterocycles. The molecule has 3 unspecified atom stereocenters. The highest BCUT2D eigenvalue weighted by Gasteiger charge is 2.26. The van der Waals surface area contributed by atoms with Crippen molar-refractivity contribution in [3.63, 3.8) is 0 Å². The molecule has 0 aliphatic carbocycles. The standard InChI is InChI=1S/C11H23NO2/c1-4-11(3,8-12)13-7-10-6-5-9(2)14-10/h9-10H,4-8,12H2,1-3H3. The van der Waals surface area contributed by atoms with Gasteiger partial charge in [-0.25, -0.2) is 0 Å². The Hall–Kier alpha value is -0.120. The zero-order valence-electron chi connectivity index (χ0n) is 9.58. The Labute approximate surface area is 86.9 Å². The zero-order chi connectivity index (χ0) is 10.6. The summed E-state index contributed by atoms with van der Waals surface area (Å²) in [7, 11) is 0. The fourth-order valence-corrected chi connectivity index (χ4v) is 1.61. The normalized spacial score (nSPS) is 31.7. The van der Waals surface area contributed by atoms with E-state index in [0.717, 1.165) is 19.3 Å². The summed E-state index contributed by atoms with van der Waals surface area (Å²) >= 11 is 0. The van der Waals surface area contributed by atoms with E-state index in [1.807, 2.05) is 0 Å². The van der Waals surface area contributed by atoms with Crippen molar-refractivity contribution in [1.82, 2.24) is 0 Å². The lowest BCUT2D eigenvalue weighted by Crippen LogP contribution is -2.39. The Kier molecular flexibility index (Phi) is 4.35. The maximum atomic E-state index is 5.81. The first-order valence-corrected chi connectivity index (χ1v) is 5.59. The number of rotatable bonds is 5. The second-order valence-electron chi connectivity index (χ2n) is 4.46. The van der Waals surface area contributed by atoms with Gasteiger partial charge in [0, 0.05) is 6.54 Å². The molecule has 0 bridgehead atoms. The van der Waals surface area contributed by atoms with Gasteiger partial charge in [-0.3, -0.25) is 0 Å². The van der Waals surface area contributed by atoms with Crippen molar-refractivity contribution < 1.29 is 9.47 Å². The third-order valence-electron chi connectivity index (χ3n) is 3.12. The topological polar surface area (TPSA) is 44.5 Å². The summed E-state index contributed by atoms with van der Waals surface area (Å²) in [6.45, 7) is 7.54. The lowest BCUT2D eigenvalue weighted by molar-refractivity contribution is -0.0804. The highest BCUT2D eigenvalue weighted by molar-refractivity contribution is 4.77. The molecular weight excluding hydrogens is 178 g/mol. The van der Waals surface area contributed by atoms with Crippen LogP contribution in [0.25, 0.3) is 0 Å². The van der Waals surface area contributed by atoms with Gasteiger partial charge in [0.2, 0.25) is 0 Å². The van der Waals surface area contributed by atoms with Gasteiger partial charge in [-0.05, 0) is 33.1 Å². The van der Waals surface area contributed by atoms with E-state index < -0.39 is 0 Å². The van der Waals surface area contributed by atoms with E-state index >= 15 is 0 Å². The first kappa shape index (κ1) is 12.0. The first-order chi connectivity index (χ1) is 6.59. The van der Waals surface area contributed by atoms with Gasteiger partial charge in [0.15, 0.2) is 0 Å². The van der Waals surface area contributed by atoms with Crippen molar-refractivity contribution in [3.8, 4) is 0 Å². The van der Waals surface area contributed by atoms with E-state index in [0.29, 0.717) is 19.3 Å². The van der Waals surface area contributed by atoms with Crippen LogP contribution in [0.4, 0.5) is 0 Å². The van der Waals surface area contributed by atoms with E-state index in [-0.39, 0.29) is 11.7 Å². The summed E-state index contributed by atoms with van der Waals surface area (Å²) in [4.78, 5) is 0. The molecule has 1 rings (SSSR count). The summed E-state index contributed by atoms with van der Waals surface area (Å²) in [6.07, 6.45) is 3.90.